The van der Waals surface area contributed by atoms with Crippen LogP contribution in [-0.2, 0) is 4.79 Å². The van der Waals surface area contributed by atoms with E-state index in [1.165, 1.54) is 109 Å². The van der Waals surface area contributed by atoms with Gasteiger partial charge in [-0.15, -0.1) is 0 Å². The first-order valence-corrected chi connectivity index (χ1v) is 13.9. The van der Waals surface area contributed by atoms with Crippen LogP contribution < -0.4 is 5.11 Å². The minimum atomic E-state index is -1.01. The number of hydrogen-bond acceptors (Lipinski definition) is 3. The maximum atomic E-state index is 10.7. The molecule has 0 aliphatic rings. The number of aliphatic hydroxyl groups is 1. The van der Waals surface area contributed by atoms with Gasteiger partial charge in [-0.2, -0.15) is 0 Å². The van der Waals surface area contributed by atoms with Gasteiger partial charge in [0.1, 0.15) is 12.1 Å². The molecule has 1 unspecified atom stereocenters. The predicted molar refractivity (Wildman–Crippen MR) is 135 cm³/mol. The third-order valence-electron chi connectivity index (χ3n) is 6.76. The molecule has 0 aliphatic heterocycles. The molecule has 0 aromatic rings. The van der Waals surface area contributed by atoms with Crippen LogP contribution >= 0.6 is 0 Å². The summed E-state index contributed by atoms with van der Waals surface area (Å²) in [5, 5.41) is 21.4. The van der Waals surface area contributed by atoms with E-state index in [1.54, 1.807) is 0 Å². The zero-order valence-electron chi connectivity index (χ0n) is 22.3. The summed E-state index contributed by atoms with van der Waals surface area (Å²) >= 11 is 0. The van der Waals surface area contributed by atoms with E-state index in [-0.39, 0.29) is 6.42 Å². The Morgan fingerprint density at radius 1 is 0.719 bits per heavy atom. The highest BCUT2D eigenvalue weighted by atomic mass is 16.4. The summed E-state index contributed by atoms with van der Waals surface area (Å²) in [6.45, 7) is 5.25. The Balaban J connectivity index is 3.43. The van der Waals surface area contributed by atoms with Crippen LogP contribution in [0, 0.1) is 0 Å². The first kappa shape index (κ1) is 31.4. The van der Waals surface area contributed by atoms with Gasteiger partial charge in [0.2, 0.25) is 0 Å². The summed E-state index contributed by atoms with van der Waals surface area (Å²) in [5.74, 6) is -1.01. The Bertz CT molecular complexity index is 434. The van der Waals surface area contributed by atoms with Crippen LogP contribution in [0.2, 0.25) is 0 Å². The van der Waals surface area contributed by atoms with Crippen LogP contribution in [0.15, 0.2) is 0 Å². The van der Waals surface area contributed by atoms with Crippen LogP contribution in [0.1, 0.15) is 142 Å². The van der Waals surface area contributed by atoms with Gasteiger partial charge in [0.25, 0.3) is 0 Å². The zero-order chi connectivity index (χ0) is 24.1. The molecule has 1 atom stereocenters. The maximum Gasteiger partial charge on any atom is 0.111 e. The van der Waals surface area contributed by atoms with Crippen LogP contribution in [0.25, 0.3) is 0 Å². The number of carboxylic acids is 1. The zero-order valence-corrected chi connectivity index (χ0v) is 22.3. The van der Waals surface area contributed by atoms with Crippen molar-refractivity contribution < 1.29 is 19.5 Å². The summed E-state index contributed by atoms with van der Waals surface area (Å²) in [7, 11) is 3.96. The number of quaternary nitrogens is 1. The number of likely N-dealkylation sites (N-methyl/N-ethyl adjacent to an activating group) is 1. The third kappa shape index (κ3) is 22.6. The number of nitrogens with zero attached hydrogens (tertiary/aromatic N) is 1. The topological polar surface area (TPSA) is 60.4 Å². The van der Waals surface area contributed by atoms with Gasteiger partial charge in [0, 0.05) is 12.4 Å². The summed E-state index contributed by atoms with van der Waals surface area (Å²) in [6, 6.07) is 0. The molecule has 0 aromatic carbocycles. The van der Waals surface area contributed by atoms with Gasteiger partial charge < -0.3 is 19.5 Å². The lowest BCUT2D eigenvalue weighted by atomic mass is 9.96. The van der Waals surface area contributed by atoms with Crippen molar-refractivity contribution in [2.24, 2.45) is 0 Å². The molecule has 4 heteroatoms. The van der Waals surface area contributed by atoms with Gasteiger partial charge in [-0.3, -0.25) is 0 Å². The second kappa shape index (κ2) is 19.8. The van der Waals surface area contributed by atoms with Crippen LogP contribution in [0.5, 0.6) is 0 Å². The van der Waals surface area contributed by atoms with Crippen molar-refractivity contribution in [1.82, 2.24) is 0 Å². The van der Waals surface area contributed by atoms with Gasteiger partial charge in [0.05, 0.1) is 20.6 Å². The molecule has 0 rings (SSSR count). The number of rotatable bonds is 24. The van der Waals surface area contributed by atoms with Crippen molar-refractivity contribution in [2.75, 3.05) is 27.2 Å². The van der Waals surface area contributed by atoms with E-state index in [1.807, 2.05) is 21.0 Å². The lowest BCUT2D eigenvalue weighted by molar-refractivity contribution is -0.896. The van der Waals surface area contributed by atoms with Crippen LogP contribution in [-0.4, -0.2) is 48.3 Å². The molecule has 0 aliphatic carbocycles. The van der Waals surface area contributed by atoms with Crippen molar-refractivity contribution >= 4 is 5.97 Å². The number of unbranched alkanes of at least 4 members (excludes halogenated alkanes) is 17. The second-order valence-corrected chi connectivity index (χ2v) is 11.2. The SMILES string of the molecule is CCCCCCCCCCCCCCCCCCCCC(C)(O)C[N+](C)(C)CCC(=O)[O-]. The molecule has 0 fully saturated rings. The first-order valence-electron chi connectivity index (χ1n) is 13.9. The molecular weight excluding hydrogens is 398 g/mol. The second-order valence-electron chi connectivity index (χ2n) is 11.2. The maximum absolute atomic E-state index is 10.7. The molecule has 4 nitrogen and oxygen atoms in total. The normalized spacial score (nSPS) is 13.9. The number of aliphatic carboxylic acids is 1. The molecular formula is C28H57NO3. The van der Waals surface area contributed by atoms with Crippen molar-refractivity contribution in [3.8, 4) is 0 Å². The molecule has 0 aromatic heterocycles. The van der Waals surface area contributed by atoms with E-state index in [0.29, 0.717) is 17.6 Å². The highest BCUT2D eigenvalue weighted by Gasteiger charge is 2.29. The fourth-order valence-corrected chi connectivity index (χ4v) is 4.88. The number of carbonyl (C=O) groups is 1. The average molecular weight is 456 g/mol. The Morgan fingerprint density at radius 2 is 1.06 bits per heavy atom. The van der Waals surface area contributed by atoms with Crippen molar-refractivity contribution in [2.45, 2.75) is 148 Å². The largest absolute Gasteiger partial charge is 0.550 e. The molecule has 0 bridgehead atoms. The van der Waals surface area contributed by atoms with Gasteiger partial charge in [0.15, 0.2) is 0 Å². The van der Waals surface area contributed by atoms with Crippen molar-refractivity contribution in [1.29, 1.82) is 0 Å². The van der Waals surface area contributed by atoms with E-state index in [4.69, 9.17) is 0 Å². The van der Waals surface area contributed by atoms with Crippen molar-refractivity contribution in [3.05, 3.63) is 0 Å². The van der Waals surface area contributed by atoms with E-state index < -0.39 is 11.6 Å². The Morgan fingerprint density at radius 3 is 1.41 bits per heavy atom. The van der Waals surface area contributed by atoms with Crippen LogP contribution in [0.4, 0.5) is 0 Å². The summed E-state index contributed by atoms with van der Waals surface area (Å²) in [5.41, 5.74) is -0.732. The summed E-state index contributed by atoms with van der Waals surface area (Å²) < 4.78 is 0.514. The highest BCUT2D eigenvalue weighted by Crippen LogP contribution is 2.20. The summed E-state index contributed by atoms with van der Waals surface area (Å²) in [4.78, 5) is 10.7. The van der Waals surface area contributed by atoms with E-state index in [0.717, 1.165) is 12.8 Å². The minimum Gasteiger partial charge on any atom is -0.550 e. The predicted octanol–water partition coefficient (Wildman–Crippen LogP) is 6.39. The molecule has 0 radical (unpaired) electrons. The number of carboxylic acid groups (broad SMARTS) is 1. The quantitative estimate of drug-likeness (QED) is 0.136. The Kier molecular flexibility index (Phi) is 19.4. The minimum absolute atomic E-state index is 0.0439. The van der Waals surface area contributed by atoms with E-state index >= 15 is 0 Å². The lowest BCUT2D eigenvalue weighted by Gasteiger charge is -2.36. The Labute approximate surface area is 200 Å². The standard InChI is InChI=1S/C28H57NO3/c1-5-6-7-8-9-10-11-12-13-14-15-16-17-18-19-20-21-22-24-28(2,32)26-29(3,4)25-23-27(30)31/h32H,5-26H2,1-4H3. The highest BCUT2D eigenvalue weighted by molar-refractivity contribution is 5.64. The monoisotopic (exact) mass is 455 g/mol. The molecule has 192 valence electrons. The lowest BCUT2D eigenvalue weighted by Crippen LogP contribution is -2.51. The third-order valence-corrected chi connectivity index (χ3v) is 6.76. The van der Waals surface area contributed by atoms with Gasteiger partial charge in [-0.25, -0.2) is 0 Å². The van der Waals surface area contributed by atoms with Gasteiger partial charge in [-0.05, 0) is 13.3 Å². The fraction of sp³-hybridized carbons (Fsp3) is 0.964. The smallest absolute Gasteiger partial charge is 0.111 e. The van der Waals surface area contributed by atoms with Gasteiger partial charge in [-0.1, -0.05) is 122 Å². The number of carbonyl (C=O) groups excluding carboxylic acids is 1. The molecule has 0 spiro atoms. The molecule has 1 N–H and O–H groups in total. The molecule has 0 saturated carbocycles. The number of hydrogen-bond donors (Lipinski definition) is 1. The average Bonchev–Trinajstić information content (AvgIpc) is 2.70. The fourth-order valence-electron chi connectivity index (χ4n) is 4.88. The van der Waals surface area contributed by atoms with E-state index in [9.17, 15) is 15.0 Å². The summed E-state index contributed by atoms with van der Waals surface area (Å²) in [6.07, 6.45) is 25.4. The van der Waals surface area contributed by atoms with E-state index in [2.05, 4.69) is 6.92 Å². The van der Waals surface area contributed by atoms with Gasteiger partial charge >= 0.3 is 0 Å². The first-order chi connectivity index (χ1) is 15.2. The molecule has 0 heterocycles. The Hall–Kier alpha value is -0.610. The molecule has 32 heavy (non-hydrogen) atoms. The van der Waals surface area contributed by atoms with Crippen LogP contribution in [0.3, 0.4) is 0 Å². The van der Waals surface area contributed by atoms with Crippen molar-refractivity contribution in [3.63, 3.8) is 0 Å². The molecule has 0 saturated heterocycles. The molecule has 0 amide bonds.